The number of fused-ring (bicyclic) bond motifs is 1. The minimum Gasteiger partial charge on any atom is -0.468 e. The van der Waals surface area contributed by atoms with Gasteiger partial charge < -0.3 is 13.6 Å². The highest BCUT2D eigenvalue weighted by Gasteiger charge is 2.34. The summed E-state index contributed by atoms with van der Waals surface area (Å²) in [5.41, 5.74) is 5.16. The Morgan fingerprint density at radius 1 is 0.625 bits per heavy atom. The summed E-state index contributed by atoms with van der Waals surface area (Å²) in [4.78, 5) is 0. The van der Waals surface area contributed by atoms with Crippen molar-refractivity contribution in [3.63, 3.8) is 0 Å². The molecule has 0 aliphatic carbocycles. The van der Waals surface area contributed by atoms with Crippen molar-refractivity contribution in [2.24, 2.45) is 0 Å². The summed E-state index contributed by atoms with van der Waals surface area (Å²) < 4.78 is 18.8. The average Bonchev–Trinajstić information content (AvgIpc) is 3.19. The Bertz CT molecular complexity index is 1130. The second-order valence-electron chi connectivity index (χ2n) is 13.2. The van der Waals surface area contributed by atoms with Crippen molar-refractivity contribution in [2.45, 2.75) is 105 Å². The SMILES string of the molecule is COc1oc2c(C(C)(C)C)cc(C(C)(C)C)cc2c1-c1oc(C(C)(C)C)cc1C(C)(C)C. The standard InChI is InChI=1S/C29H42O3/c1-26(2,3)17-14-18-22(25(30-13)32-23(18)19(15-17)27(4,5)6)24-20(28(7,8)9)16-21(31-24)29(10,11)12/h14-16H,1-13H3. The first kappa shape index (κ1) is 24.5. The van der Waals surface area contributed by atoms with E-state index in [2.05, 4.69) is 101 Å². The molecule has 1 aromatic carbocycles. The van der Waals surface area contributed by atoms with Crippen LogP contribution >= 0.6 is 0 Å². The Kier molecular flexibility index (Phi) is 5.69. The number of hydrogen-bond donors (Lipinski definition) is 0. The Balaban J connectivity index is 2.51. The van der Waals surface area contributed by atoms with E-state index >= 15 is 0 Å². The van der Waals surface area contributed by atoms with Gasteiger partial charge in [-0.2, -0.15) is 0 Å². The second-order valence-corrected chi connectivity index (χ2v) is 13.2. The Morgan fingerprint density at radius 2 is 1.19 bits per heavy atom. The normalized spacial score (nSPS) is 13.8. The molecular weight excluding hydrogens is 396 g/mol. The van der Waals surface area contributed by atoms with Gasteiger partial charge in [-0.1, -0.05) is 89.2 Å². The van der Waals surface area contributed by atoms with Gasteiger partial charge in [0.15, 0.2) is 0 Å². The fourth-order valence-corrected chi connectivity index (χ4v) is 4.03. The van der Waals surface area contributed by atoms with Crippen molar-refractivity contribution in [1.29, 1.82) is 0 Å². The van der Waals surface area contributed by atoms with Crippen molar-refractivity contribution in [1.82, 2.24) is 0 Å². The maximum absolute atomic E-state index is 6.61. The van der Waals surface area contributed by atoms with Gasteiger partial charge in [-0.05, 0) is 33.9 Å². The fraction of sp³-hybridized carbons (Fsp3) is 0.586. The number of furan rings is 2. The van der Waals surface area contributed by atoms with Gasteiger partial charge in [-0.25, -0.2) is 0 Å². The Morgan fingerprint density at radius 3 is 1.62 bits per heavy atom. The molecular formula is C29H42O3. The molecule has 2 heterocycles. The molecule has 176 valence electrons. The first-order valence-electron chi connectivity index (χ1n) is 11.7. The molecule has 3 heteroatoms. The highest BCUT2D eigenvalue weighted by Crippen LogP contribution is 2.49. The van der Waals surface area contributed by atoms with Crippen LogP contribution in [0.15, 0.2) is 27.0 Å². The molecule has 32 heavy (non-hydrogen) atoms. The molecule has 0 aliphatic heterocycles. The second kappa shape index (κ2) is 7.43. The molecule has 3 aromatic rings. The number of hydrogen-bond acceptors (Lipinski definition) is 3. The molecule has 3 rings (SSSR count). The van der Waals surface area contributed by atoms with Gasteiger partial charge in [0, 0.05) is 21.9 Å². The lowest BCUT2D eigenvalue weighted by Crippen LogP contribution is -2.16. The number of ether oxygens (including phenoxy) is 1. The molecule has 0 spiro atoms. The maximum Gasteiger partial charge on any atom is 0.296 e. The predicted octanol–water partition coefficient (Wildman–Crippen LogP) is 8.89. The van der Waals surface area contributed by atoms with E-state index in [9.17, 15) is 0 Å². The summed E-state index contributed by atoms with van der Waals surface area (Å²) in [6.45, 7) is 26.7. The summed E-state index contributed by atoms with van der Waals surface area (Å²) in [5, 5.41) is 1.06. The van der Waals surface area contributed by atoms with Crippen LogP contribution in [0.25, 0.3) is 22.3 Å². The lowest BCUT2D eigenvalue weighted by atomic mass is 9.79. The molecule has 0 amide bonds. The van der Waals surface area contributed by atoms with Crippen molar-refractivity contribution < 1.29 is 13.6 Å². The lowest BCUT2D eigenvalue weighted by Gasteiger charge is -2.25. The summed E-state index contributed by atoms with van der Waals surface area (Å²) in [6.07, 6.45) is 0. The Hall–Kier alpha value is -2.16. The summed E-state index contributed by atoms with van der Waals surface area (Å²) in [7, 11) is 1.67. The average molecular weight is 439 g/mol. The molecule has 0 bridgehead atoms. The molecule has 0 saturated heterocycles. The first-order valence-corrected chi connectivity index (χ1v) is 11.7. The molecule has 0 saturated carbocycles. The molecule has 0 N–H and O–H groups in total. The summed E-state index contributed by atoms with van der Waals surface area (Å²) in [5.74, 6) is 2.33. The smallest absolute Gasteiger partial charge is 0.296 e. The molecule has 0 radical (unpaired) electrons. The number of methoxy groups -OCH3 is 1. The maximum atomic E-state index is 6.61. The van der Waals surface area contributed by atoms with Crippen LogP contribution in [-0.2, 0) is 21.7 Å². The monoisotopic (exact) mass is 438 g/mol. The van der Waals surface area contributed by atoms with Crippen molar-refractivity contribution in [3.8, 4) is 17.3 Å². The highest BCUT2D eigenvalue weighted by atomic mass is 16.6. The van der Waals surface area contributed by atoms with Gasteiger partial charge in [0.05, 0.1) is 7.11 Å². The minimum absolute atomic E-state index is 0.00254. The van der Waals surface area contributed by atoms with Crippen LogP contribution in [0.5, 0.6) is 5.95 Å². The van der Waals surface area contributed by atoms with Gasteiger partial charge in [-0.15, -0.1) is 0 Å². The van der Waals surface area contributed by atoms with Crippen LogP contribution in [-0.4, -0.2) is 7.11 Å². The van der Waals surface area contributed by atoms with E-state index < -0.39 is 0 Å². The third-order valence-corrected chi connectivity index (χ3v) is 6.12. The topological polar surface area (TPSA) is 35.5 Å². The zero-order valence-electron chi connectivity index (χ0n) is 22.5. The largest absolute Gasteiger partial charge is 0.468 e. The van der Waals surface area contributed by atoms with Crippen LogP contribution in [0.4, 0.5) is 0 Å². The first-order chi connectivity index (χ1) is 14.4. The van der Waals surface area contributed by atoms with Gasteiger partial charge in [-0.3, -0.25) is 0 Å². The van der Waals surface area contributed by atoms with E-state index in [0.717, 1.165) is 28.1 Å². The molecule has 2 aromatic heterocycles. The van der Waals surface area contributed by atoms with Crippen LogP contribution in [0.3, 0.4) is 0 Å². The van der Waals surface area contributed by atoms with Crippen LogP contribution in [0.1, 0.15) is 106 Å². The fourth-order valence-electron chi connectivity index (χ4n) is 4.03. The molecule has 0 aliphatic rings. The van der Waals surface area contributed by atoms with E-state index in [4.69, 9.17) is 13.6 Å². The van der Waals surface area contributed by atoms with Crippen LogP contribution in [0, 0.1) is 0 Å². The lowest BCUT2D eigenvalue weighted by molar-refractivity contribution is 0.314. The molecule has 0 unspecified atom stereocenters. The van der Waals surface area contributed by atoms with E-state index in [0.29, 0.717) is 5.95 Å². The van der Waals surface area contributed by atoms with E-state index in [1.165, 1.54) is 16.7 Å². The van der Waals surface area contributed by atoms with E-state index in [1.807, 2.05) is 0 Å². The van der Waals surface area contributed by atoms with E-state index in [-0.39, 0.29) is 21.7 Å². The summed E-state index contributed by atoms with van der Waals surface area (Å²) >= 11 is 0. The highest BCUT2D eigenvalue weighted by molar-refractivity contribution is 5.99. The minimum atomic E-state index is -0.0990. The van der Waals surface area contributed by atoms with Crippen molar-refractivity contribution in [3.05, 3.63) is 40.6 Å². The number of rotatable bonds is 2. The van der Waals surface area contributed by atoms with Crippen LogP contribution < -0.4 is 4.74 Å². The van der Waals surface area contributed by atoms with Gasteiger partial charge in [0.25, 0.3) is 5.95 Å². The van der Waals surface area contributed by atoms with Crippen LogP contribution in [0.2, 0.25) is 0 Å². The van der Waals surface area contributed by atoms with Crippen molar-refractivity contribution >= 4 is 11.0 Å². The van der Waals surface area contributed by atoms with Gasteiger partial charge >= 0.3 is 0 Å². The van der Waals surface area contributed by atoms with Gasteiger partial charge in [0.1, 0.15) is 22.7 Å². The van der Waals surface area contributed by atoms with Crippen molar-refractivity contribution in [2.75, 3.05) is 7.11 Å². The molecule has 3 nitrogen and oxygen atoms in total. The zero-order valence-corrected chi connectivity index (χ0v) is 22.5. The molecule has 0 fully saturated rings. The summed E-state index contributed by atoms with van der Waals surface area (Å²) in [6, 6.07) is 6.77. The molecule has 0 atom stereocenters. The Labute approximate surface area is 194 Å². The zero-order chi connectivity index (χ0) is 24.4. The predicted molar refractivity (Wildman–Crippen MR) is 135 cm³/mol. The third-order valence-electron chi connectivity index (χ3n) is 6.12. The van der Waals surface area contributed by atoms with E-state index in [1.54, 1.807) is 7.11 Å². The quantitative estimate of drug-likeness (QED) is 0.401. The number of benzene rings is 1. The van der Waals surface area contributed by atoms with Gasteiger partial charge in [0.2, 0.25) is 0 Å². The third kappa shape index (κ3) is 4.36.